The van der Waals surface area contributed by atoms with Gasteiger partial charge in [0.25, 0.3) is 5.91 Å². The Labute approximate surface area is 91.6 Å². The first-order chi connectivity index (χ1) is 7.63. The van der Waals surface area contributed by atoms with E-state index < -0.39 is 5.91 Å². The van der Waals surface area contributed by atoms with E-state index in [4.69, 9.17) is 5.73 Å². The van der Waals surface area contributed by atoms with Crippen LogP contribution in [0, 0.1) is 0 Å². The molecule has 0 aromatic carbocycles. The predicted molar refractivity (Wildman–Crippen MR) is 54.4 cm³/mol. The Hall–Kier alpha value is -2.12. The summed E-state index contributed by atoms with van der Waals surface area (Å²) in [7, 11) is 1.32. The number of H-pyrrole nitrogens is 1. The lowest BCUT2D eigenvalue weighted by Gasteiger charge is -2.01. The summed E-state index contributed by atoms with van der Waals surface area (Å²) in [4.78, 5) is 25.8. The molecular weight excluding hydrogens is 214 g/mol. The molecule has 1 rings (SSSR count). The molecule has 16 heavy (non-hydrogen) atoms. The van der Waals surface area contributed by atoms with Crippen LogP contribution in [0.3, 0.4) is 0 Å². The summed E-state index contributed by atoms with van der Waals surface area (Å²) in [6.45, 7) is 0.356. The fourth-order valence-electron chi connectivity index (χ4n) is 0.997. The van der Waals surface area contributed by atoms with E-state index in [0.29, 0.717) is 13.0 Å². The Bertz CT molecular complexity index is 376. The van der Waals surface area contributed by atoms with Crippen LogP contribution in [0.4, 0.5) is 5.95 Å². The first-order valence-corrected chi connectivity index (χ1v) is 4.66. The standard InChI is InChI=1S/C8H13N5O3/c1-16-5(14)3-2-4-10-7(15)6-11-8(9)13-12-6/h2-4H2,1H3,(H,10,15)(H3,9,11,12,13). The van der Waals surface area contributed by atoms with Crippen molar-refractivity contribution in [2.45, 2.75) is 12.8 Å². The van der Waals surface area contributed by atoms with Gasteiger partial charge in [-0.25, -0.2) is 0 Å². The lowest BCUT2D eigenvalue weighted by atomic mass is 10.3. The quantitative estimate of drug-likeness (QED) is 0.441. The molecule has 0 aliphatic heterocycles. The third-order valence-electron chi connectivity index (χ3n) is 1.79. The van der Waals surface area contributed by atoms with E-state index in [9.17, 15) is 9.59 Å². The highest BCUT2D eigenvalue weighted by atomic mass is 16.5. The minimum atomic E-state index is -0.408. The number of hydrogen-bond donors (Lipinski definition) is 3. The zero-order valence-corrected chi connectivity index (χ0v) is 8.82. The number of carbonyl (C=O) groups is 2. The van der Waals surface area contributed by atoms with Crippen LogP contribution in [0.25, 0.3) is 0 Å². The SMILES string of the molecule is COC(=O)CCCNC(=O)c1nc(N)n[nH]1. The number of aromatic amines is 1. The van der Waals surface area contributed by atoms with E-state index in [1.54, 1.807) is 0 Å². The molecule has 0 spiro atoms. The van der Waals surface area contributed by atoms with Gasteiger partial charge in [0.2, 0.25) is 11.8 Å². The molecule has 88 valence electrons. The highest BCUT2D eigenvalue weighted by molar-refractivity contribution is 5.90. The van der Waals surface area contributed by atoms with Gasteiger partial charge in [0.05, 0.1) is 7.11 Å². The molecule has 8 heteroatoms. The van der Waals surface area contributed by atoms with Crippen molar-refractivity contribution in [2.24, 2.45) is 0 Å². The monoisotopic (exact) mass is 227 g/mol. The number of anilines is 1. The molecule has 0 aliphatic rings. The molecule has 0 bridgehead atoms. The maximum absolute atomic E-state index is 11.4. The highest BCUT2D eigenvalue weighted by Gasteiger charge is 2.09. The van der Waals surface area contributed by atoms with Gasteiger partial charge in [-0.15, -0.1) is 5.10 Å². The van der Waals surface area contributed by atoms with E-state index in [2.05, 4.69) is 25.2 Å². The fraction of sp³-hybridized carbons (Fsp3) is 0.500. The number of nitrogens with two attached hydrogens (primary N) is 1. The van der Waals surface area contributed by atoms with E-state index in [0.717, 1.165) is 0 Å². The minimum absolute atomic E-state index is 0.0136. The third-order valence-corrected chi connectivity index (χ3v) is 1.79. The number of hydrogen-bond acceptors (Lipinski definition) is 6. The summed E-state index contributed by atoms with van der Waals surface area (Å²) in [5.74, 6) is -0.650. The molecule has 1 aromatic rings. The molecule has 0 aliphatic carbocycles. The number of nitrogens with zero attached hydrogens (tertiary/aromatic N) is 2. The second-order valence-electron chi connectivity index (χ2n) is 2.98. The van der Waals surface area contributed by atoms with Crippen LogP contribution in [0.1, 0.15) is 23.5 Å². The van der Waals surface area contributed by atoms with Gasteiger partial charge in [-0.3, -0.25) is 14.7 Å². The van der Waals surface area contributed by atoms with E-state index in [1.807, 2.05) is 0 Å². The second kappa shape index (κ2) is 5.69. The largest absolute Gasteiger partial charge is 0.469 e. The number of carbonyl (C=O) groups excluding carboxylic acids is 2. The van der Waals surface area contributed by atoms with E-state index in [-0.39, 0.29) is 24.2 Å². The summed E-state index contributed by atoms with van der Waals surface area (Å²) >= 11 is 0. The maximum atomic E-state index is 11.4. The van der Waals surface area contributed by atoms with Crippen LogP contribution in [0.15, 0.2) is 0 Å². The number of nitrogens with one attached hydrogen (secondary N) is 2. The smallest absolute Gasteiger partial charge is 0.305 e. The van der Waals surface area contributed by atoms with Gasteiger partial charge in [0, 0.05) is 13.0 Å². The van der Waals surface area contributed by atoms with Crippen LogP contribution in [0.2, 0.25) is 0 Å². The Kier molecular flexibility index (Phi) is 4.25. The summed E-state index contributed by atoms with van der Waals surface area (Å²) in [6.07, 6.45) is 0.761. The van der Waals surface area contributed by atoms with Crippen LogP contribution in [-0.4, -0.2) is 40.7 Å². The molecule has 8 nitrogen and oxygen atoms in total. The van der Waals surface area contributed by atoms with Crippen LogP contribution in [0.5, 0.6) is 0 Å². The van der Waals surface area contributed by atoms with Gasteiger partial charge in [0.1, 0.15) is 0 Å². The average molecular weight is 227 g/mol. The fourth-order valence-corrected chi connectivity index (χ4v) is 0.997. The van der Waals surface area contributed by atoms with Crippen LogP contribution in [-0.2, 0) is 9.53 Å². The highest BCUT2D eigenvalue weighted by Crippen LogP contribution is 1.94. The Balaban J connectivity index is 2.23. The number of amides is 1. The van der Waals surface area contributed by atoms with Gasteiger partial charge in [-0.05, 0) is 6.42 Å². The number of methoxy groups -OCH3 is 1. The van der Waals surface area contributed by atoms with Crippen LogP contribution < -0.4 is 11.1 Å². The number of aromatic nitrogens is 3. The van der Waals surface area contributed by atoms with Crippen molar-refractivity contribution in [3.8, 4) is 0 Å². The van der Waals surface area contributed by atoms with Crippen molar-refractivity contribution in [3.05, 3.63) is 5.82 Å². The van der Waals surface area contributed by atoms with Gasteiger partial charge in [0.15, 0.2) is 0 Å². The zero-order valence-electron chi connectivity index (χ0n) is 8.82. The summed E-state index contributed by atoms with van der Waals surface area (Å²) in [6, 6.07) is 0. The summed E-state index contributed by atoms with van der Waals surface area (Å²) in [5, 5.41) is 8.45. The molecule has 0 radical (unpaired) electrons. The van der Waals surface area contributed by atoms with Crippen molar-refractivity contribution in [1.82, 2.24) is 20.5 Å². The molecule has 0 saturated heterocycles. The third kappa shape index (κ3) is 3.56. The molecular formula is C8H13N5O3. The van der Waals surface area contributed by atoms with Crippen molar-refractivity contribution in [1.29, 1.82) is 0 Å². The molecule has 0 saturated carbocycles. The van der Waals surface area contributed by atoms with Crippen LogP contribution >= 0.6 is 0 Å². The molecule has 1 amide bonds. The number of esters is 1. The number of rotatable bonds is 5. The first kappa shape index (κ1) is 12.0. The Morgan fingerprint density at radius 2 is 2.31 bits per heavy atom. The Morgan fingerprint density at radius 3 is 2.88 bits per heavy atom. The molecule has 0 fully saturated rings. The van der Waals surface area contributed by atoms with Crippen molar-refractivity contribution in [3.63, 3.8) is 0 Å². The van der Waals surface area contributed by atoms with Gasteiger partial charge in [-0.1, -0.05) is 0 Å². The van der Waals surface area contributed by atoms with Crippen molar-refractivity contribution in [2.75, 3.05) is 19.4 Å². The van der Waals surface area contributed by atoms with Gasteiger partial charge < -0.3 is 15.8 Å². The molecule has 0 atom stereocenters. The normalized spacial score (nSPS) is 9.81. The van der Waals surface area contributed by atoms with E-state index >= 15 is 0 Å². The lowest BCUT2D eigenvalue weighted by molar-refractivity contribution is -0.140. The van der Waals surface area contributed by atoms with Crippen molar-refractivity contribution >= 4 is 17.8 Å². The first-order valence-electron chi connectivity index (χ1n) is 4.66. The summed E-state index contributed by atoms with van der Waals surface area (Å²) in [5.41, 5.74) is 5.23. The van der Waals surface area contributed by atoms with E-state index in [1.165, 1.54) is 7.11 Å². The summed E-state index contributed by atoms with van der Waals surface area (Å²) < 4.78 is 4.45. The number of nitrogen functional groups attached to an aromatic ring is 1. The van der Waals surface area contributed by atoms with Crippen molar-refractivity contribution < 1.29 is 14.3 Å². The molecule has 1 aromatic heterocycles. The minimum Gasteiger partial charge on any atom is -0.469 e. The number of ether oxygens (including phenoxy) is 1. The molecule has 1 heterocycles. The second-order valence-corrected chi connectivity index (χ2v) is 2.98. The Morgan fingerprint density at radius 1 is 1.56 bits per heavy atom. The molecule has 0 unspecified atom stereocenters. The lowest BCUT2D eigenvalue weighted by Crippen LogP contribution is -2.26. The maximum Gasteiger partial charge on any atom is 0.305 e. The molecule has 4 N–H and O–H groups in total. The zero-order chi connectivity index (χ0) is 12.0. The van der Waals surface area contributed by atoms with Gasteiger partial charge >= 0.3 is 5.97 Å². The topological polar surface area (TPSA) is 123 Å². The van der Waals surface area contributed by atoms with Gasteiger partial charge in [-0.2, -0.15) is 4.98 Å². The average Bonchev–Trinajstić information content (AvgIpc) is 2.70. The predicted octanol–water partition coefficient (Wildman–Crippen LogP) is -0.930.